The summed E-state index contributed by atoms with van der Waals surface area (Å²) >= 11 is 0. The molecule has 0 aromatic heterocycles. The molecule has 0 spiro atoms. The molecule has 5 nitrogen and oxygen atoms in total. The van der Waals surface area contributed by atoms with Crippen LogP contribution in [-0.4, -0.2) is 30.1 Å². The van der Waals surface area contributed by atoms with Crippen molar-refractivity contribution in [3.63, 3.8) is 0 Å². The van der Waals surface area contributed by atoms with Gasteiger partial charge in [-0.1, -0.05) is 19.9 Å². The first kappa shape index (κ1) is 19.1. The highest BCUT2D eigenvalue weighted by Gasteiger charge is 2.18. The van der Waals surface area contributed by atoms with Gasteiger partial charge in [0, 0.05) is 13.2 Å². The Morgan fingerprint density at radius 2 is 1.96 bits per heavy atom. The SMILES string of the molecule is Cc1ccc(F)c(NC(=O)C(=O)NCC(CCO)CC(C)C)c1. The van der Waals surface area contributed by atoms with Crippen LogP contribution in [0.5, 0.6) is 0 Å². The summed E-state index contributed by atoms with van der Waals surface area (Å²) in [4.78, 5) is 23.7. The summed E-state index contributed by atoms with van der Waals surface area (Å²) in [6.45, 7) is 6.22. The number of anilines is 1. The van der Waals surface area contributed by atoms with Gasteiger partial charge in [0.15, 0.2) is 0 Å². The van der Waals surface area contributed by atoms with E-state index >= 15 is 0 Å². The van der Waals surface area contributed by atoms with Gasteiger partial charge in [-0.3, -0.25) is 9.59 Å². The lowest BCUT2D eigenvalue weighted by Crippen LogP contribution is -2.38. The van der Waals surface area contributed by atoms with Gasteiger partial charge in [0.1, 0.15) is 5.82 Å². The Kier molecular flexibility index (Phi) is 7.68. The number of hydrogen-bond acceptors (Lipinski definition) is 3. The maximum atomic E-state index is 13.6. The summed E-state index contributed by atoms with van der Waals surface area (Å²) < 4.78 is 13.6. The van der Waals surface area contributed by atoms with Crippen molar-refractivity contribution in [3.05, 3.63) is 29.6 Å². The van der Waals surface area contributed by atoms with E-state index in [0.29, 0.717) is 18.9 Å². The molecule has 0 aliphatic carbocycles. The number of amides is 2. The van der Waals surface area contributed by atoms with E-state index in [9.17, 15) is 14.0 Å². The molecule has 128 valence electrons. The van der Waals surface area contributed by atoms with Gasteiger partial charge in [0.2, 0.25) is 0 Å². The van der Waals surface area contributed by atoms with Crippen molar-refractivity contribution >= 4 is 17.5 Å². The standard InChI is InChI=1S/C17H25FN2O3/c1-11(2)8-13(6-7-21)10-19-16(22)17(23)20-15-9-12(3)4-5-14(15)18/h4-5,9,11,13,21H,6-8,10H2,1-3H3,(H,19,22)(H,20,23). The first-order valence-corrected chi connectivity index (χ1v) is 7.79. The number of carbonyl (C=O) groups excluding carboxylic acids is 2. The van der Waals surface area contributed by atoms with Gasteiger partial charge in [-0.15, -0.1) is 0 Å². The molecular weight excluding hydrogens is 299 g/mol. The normalized spacial score (nSPS) is 12.1. The van der Waals surface area contributed by atoms with Crippen LogP contribution in [0.1, 0.15) is 32.3 Å². The zero-order valence-electron chi connectivity index (χ0n) is 13.9. The minimum atomic E-state index is -0.901. The van der Waals surface area contributed by atoms with Crippen LogP contribution in [0.15, 0.2) is 18.2 Å². The Bertz CT molecular complexity index is 547. The van der Waals surface area contributed by atoms with E-state index < -0.39 is 17.6 Å². The lowest BCUT2D eigenvalue weighted by molar-refractivity contribution is -0.136. The number of rotatable bonds is 7. The Balaban J connectivity index is 2.56. The van der Waals surface area contributed by atoms with E-state index in [1.54, 1.807) is 13.0 Å². The lowest BCUT2D eigenvalue weighted by atomic mass is 9.94. The number of aryl methyl sites for hydroxylation is 1. The lowest BCUT2D eigenvalue weighted by Gasteiger charge is -2.18. The molecular formula is C17H25FN2O3. The summed E-state index contributed by atoms with van der Waals surface area (Å²) in [5, 5.41) is 13.9. The summed E-state index contributed by atoms with van der Waals surface area (Å²) in [5.41, 5.74) is 0.765. The number of nitrogens with one attached hydrogen (secondary N) is 2. The maximum absolute atomic E-state index is 13.6. The average Bonchev–Trinajstić information content (AvgIpc) is 2.47. The van der Waals surface area contributed by atoms with Crippen LogP contribution in [0.2, 0.25) is 0 Å². The summed E-state index contributed by atoms with van der Waals surface area (Å²) in [6, 6.07) is 4.28. The second kappa shape index (κ2) is 9.25. The predicted molar refractivity (Wildman–Crippen MR) is 87.4 cm³/mol. The van der Waals surface area contributed by atoms with Gasteiger partial charge in [0.05, 0.1) is 5.69 Å². The Morgan fingerprint density at radius 1 is 1.26 bits per heavy atom. The van der Waals surface area contributed by atoms with Crippen LogP contribution in [-0.2, 0) is 9.59 Å². The highest BCUT2D eigenvalue weighted by Crippen LogP contribution is 2.16. The molecule has 1 aromatic rings. The maximum Gasteiger partial charge on any atom is 0.313 e. The van der Waals surface area contributed by atoms with Gasteiger partial charge in [-0.25, -0.2) is 4.39 Å². The fraction of sp³-hybridized carbons (Fsp3) is 0.529. The quantitative estimate of drug-likeness (QED) is 0.673. The van der Waals surface area contributed by atoms with Crippen molar-refractivity contribution in [2.45, 2.75) is 33.6 Å². The summed E-state index contributed by atoms with van der Waals surface area (Å²) in [6.07, 6.45) is 1.40. The van der Waals surface area contributed by atoms with Gasteiger partial charge < -0.3 is 15.7 Å². The molecule has 1 unspecified atom stereocenters. The number of carbonyl (C=O) groups is 2. The number of benzene rings is 1. The number of halogens is 1. The van der Waals surface area contributed by atoms with Gasteiger partial charge >= 0.3 is 11.8 Å². The molecule has 0 bridgehead atoms. The smallest absolute Gasteiger partial charge is 0.313 e. The van der Waals surface area contributed by atoms with E-state index in [0.717, 1.165) is 12.0 Å². The highest BCUT2D eigenvalue weighted by molar-refractivity contribution is 6.39. The molecule has 0 heterocycles. The molecule has 0 aliphatic rings. The fourth-order valence-electron chi connectivity index (χ4n) is 2.38. The van der Waals surface area contributed by atoms with Gasteiger partial charge in [-0.05, 0) is 49.3 Å². The zero-order valence-corrected chi connectivity index (χ0v) is 13.9. The summed E-state index contributed by atoms with van der Waals surface area (Å²) in [5.74, 6) is -1.76. The number of aliphatic hydroxyl groups excluding tert-OH is 1. The van der Waals surface area contributed by atoms with Crippen molar-refractivity contribution in [1.82, 2.24) is 5.32 Å². The Labute approximate surface area is 136 Å². The molecule has 1 aromatic carbocycles. The van der Waals surface area contributed by atoms with E-state index in [1.807, 2.05) is 0 Å². The third-order valence-corrected chi connectivity index (χ3v) is 3.47. The molecule has 23 heavy (non-hydrogen) atoms. The Morgan fingerprint density at radius 3 is 2.57 bits per heavy atom. The van der Waals surface area contributed by atoms with Crippen LogP contribution < -0.4 is 10.6 Å². The van der Waals surface area contributed by atoms with Crippen molar-refractivity contribution in [1.29, 1.82) is 0 Å². The molecule has 3 N–H and O–H groups in total. The van der Waals surface area contributed by atoms with Crippen LogP contribution in [0, 0.1) is 24.6 Å². The van der Waals surface area contributed by atoms with Gasteiger partial charge in [-0.2, -0.15) is 0 Å². The van der Waals surface area contributed by atoms with Crippen molar-refractivity contribution in [2.24, 2.45) is 11.8 Å². The monoisotopic (exact) mass is 324 g/mol. The van der Waals surface area contributed by atoms with Crippen LogP contribution in [0.3, 0.4) is 0 Å². The average molecular weight is 324 g/mol. The zero-order chi connectivity index (χ0) is 17.4. The Hall–Kier alpha value is -1.95. The molecule has 0 fully saturated rings. The van der Waals surface area contributed by atoms with E-state index in [-0.39, 0.29) is 18.2 Å². The molecule has 0 radical (unpaired) electrons. The number of hydrogen-bond donors (Lipinski definition) is 3. The third kappa shape index (κ3) is 6.78. The van der Waals surface area contributed by atoms with Crippen LogP contribution in [0.25, 0.3) is 0 Å². The van der Waals surface area contributed by atoms with Crippen molar-refractivity contribution < 1.29 is 19.1 Å². The first-order valence-electron chi connectivity index (χ1n) is 7.79. The minimum absolute atomic E-state index is 0.0146. The molecule has 2 amide bonds. The van der Waals surface area contributed by atoms with Crippen LogP contribution in [0.4, 0.5) is 10.1 Å². The second-order valence-corrected chi connectivity index (χ2v) is 6.16. The molecule has 6 heteroatoms. The highest BCUT2D eigenvalue weighted by atomic mass is 19.1. The van der Waals surface area contributed by atoms with Gasteiger partial charge in [0.25, 0.3) is 0 Å². The van der Waals surface area contributed by atoms with E-state index in [1.165, 1.54) is 12.1 Å². The number of aliphatic hydroxyl groups is 1. The van der Waals surface area contributed by atoms with Crippen LogP contribution >= 0.6 is 0 Å². The largest absolute Gasteiger partial charge is 0.396 e. The first-order chi connectivity index (χ1) is 10.8. The molecule has 0 saturated heterocycles. The molecule has 1 atom stereocenters. The minimum Gasteiger partial charge on any atom is -0.396 e. The topological polar surface area (TPSA) is 78.4 Å². The van der Waals surface area contributed by atoms with E-state index in [4.69, 9.17) is 5.11 Å². The molecule has 0 saturated carbocycles. The van der Waals surface area contributed by atoms with Crippen molar-refractivity contribution in [2.75, 3.05) is 18.5 Å². The van der Waals surface area contributed by atoms with Crippen molar-refractivity contribution in [3.8, 4) is 0 Å². The molecule has 0 aliphatic heterocycles. The third-order valence-electron chi connectivity index (χ3n) is 3.47. The van der Waals surface area contributed by atoms with E-state index in [2.05, 4.69) is 24.5 Å². The predicted octanol–water partition coefficient (Wildman–Crippen LogP) is 2.23. The molecule has 1 rings (SSSR count). The second-order valence-electron chi connectivity index (χ2n) is 6.16. The fourth-order valence-corrected chi connectivity index (χ4v) is 2.38. The summed E-state index contributed by atoms with van der Waals surface area (Å²) in [7, 11) is 0.